The Morgan fingerprint density at radius 3 is 2.72 bits per heavy atom. The van der Waals surface area contributed by atoms with E-state index in [2.05, 4.69) is 16.2 Å². The van der Waals surface area contributed by atoms with Crippen LogP contribution in [0.25, 0.3) is 0 Å². The lowest BCUT2D eigenvalue weighted by molar-refractivity contribution is -0.121. The highest BCUT2D eigenvalue weighted by molar-refractivity contribution is 5.82. The molecular weight excluding hydrogens is 234 g/mol. The average molecular weight is 251 g/mol. The van der Waals surface area contributed by atoms with Crippen molar-refractivity contribution in [3.63, 3.8) is 0 Å². The molecular formula is C12H17N3O3. The van der Waals surface area contributed by atoms with Crippen LogP contribution in [0.5, 0.6) is 5.75 Å². The summed E-state index contributed by atoms with van der Waals surface area (Å²) in [6, 6.07) is 6.75. The smallest absolute Gasteiger partial charge is 0.333 e. The van der Waals surface area contributed by atoms with Gasteiger partial charge in [0.05, 0.1) is 13.5 Å². The van der Waals surface area contributed by atoms with Crippen LogP contribution in [0, 0.1) is 0 Å². The molecule has 0 fully saturated rings. The second-order valence-electron chi connectivity index (χ2n) is 3.56. The molecule has 0 radical (unpaired) electrons. The summed E-state index contributed by atoms with van der Waals surface area (Å²) in [4.78, 5) is 22.6. The van der Waals surface area contributed by atoms with E-state index in [-0.39, 0.29) is 12.3 Å². The van der Waals surface area contributed by atoms with Crippen LogP contribution >= 0.6 is 0 Å². The molecule has 0 bridgehead atoms. The highest BCUT2D eigenvalue weighted by atomic mass is 16.5. The Labute approximate surface area is 106 Å². The fraction of sp³-hybridized carbons (Fsp3) is 0.333. The first-order valence-corrected chi connectivity index (χ1v) is 5.61. The number of nitrogens with one attached hydrogen (secondary N) is 3. The number of ether oxygens (including phenoxy) is 1. The second-order valence-corrected chi connectivity index (χ2v) is 3.56. The molecule has 18 heavy (non-hydrogen) atoms. The number of methoxy groups -OCH3 is 1. The van der Waals surface area contributed by atoms with Gasteiger partial charge < -0.3 is 10.1 Å². The maximum Gasteiger partial charge on any atom is 0.333 e. The van der Waals surface area contributed by atoms with Crippen molar-refractivity contribution in [3.05, 3.63) is 29.8 Å². The Morgan fingerprint density at radius 1 is 1.28 bits per heavy atom. The molecule has 6 heteroatoms. The zero-order valence-corrected chi connectivity index (χ0v) is 10.4. The number of carbonyl (C=O) groups excluding carboxylic acids is 2. The molecule has 3 N–H and O–H groups in total. The minimum atomic E-state index is -0.434. The van der Waals surface area contributed by atoms with Gasteiger partial charge in [0.25, 0.3) is 0 Å². The zero-order chi connectivity index (χ0) is 13.4. The lowest BCUT2D eigenvalue weighted by atomic mass is 10.1. The Morgan fingerprint density at radius 2 is 2.06 bits per heavy atom. The van der Waals surface area contributed by atoms with Crippen molar-refractivity contribution >= 4 is 11.9 Å². The molecule has 0 aromatic heterocycles. The number of benzene rings is 1. The van der Waals surface area contributed by atoms with Crippen molar-refractivity contribution in [2.75, 3.05) is 13.7 Å². The molecule has 0 spiro atoms. The second kappa shape index (κ2) is 7.16. The summed E-state index contributed by atoms with van der Waals surface area (Å²) < 4.78 is 5.06. The minimum absolute atomic E-state index is 0.170. The molecule has 1 rings (SSSR count). The molecule has 0 aliphatic rings. The van der Waals surface area contributed by atoms with Gasteiger partial charge in [-0.05, 0) is 24.6 Å². The Kier molecular flexibility index (Phi) is 5.50. The van der Waals surface area contributed by atoms with Crippen LogP contribution in [-0.2, 0) is 11.2 Å². The predicted molar refractivity (Wildman–Crippen MR) is 67.0 cm³/mol. The number of hydrazine groups is 1. The van der Waals surface area contributed by atoms with Gasteiger partial charge in [-0.25, -0.2) is 10.2 Å². The maximum atomic E-state index is 11.5. The molecule has 3 amide bonds. The van der Waals surface area contributed by atoms with Crippen LogP contribution in [0.15, 0.2) is 24.3 Å². The van der Waals surface area contributed by atoms with Crippen LogP contribution < -0.4 is 20.9 Å². The first-order chi connectivity index (χ1) is 8.65. The summed E-state index contributed by atoms with van der Waals surface area (Å²) in [6.07, 6.45) is 0.170. The van der Waals surface area contributed by atoms with Crippen molar-refractivity contribution in [2.24, 2.45) is 0 Å². The van der Waals surface area contributed by atoms with E-state index in [1.54, 1.807) is 32.2 Å². The van der Waals surface area contributed by atoms with E-state index in [9.17, 15) is 9.59 Å². The lowest BCUT2D eigenvalue weighted by Gasteiger charge is -2.08. The Hall–Kier alpha value is -2.24. The van der Waals surface area contributed by atoms with E-state index in [4.69, 9.17) is 4.74 Å². The first kappa shape index (κ1) is 13.8. The molecule has 6 nitrogen and oxygen atoms in total. The molecule has 1 aromatic rings. The van der Waals surface area contributed by atoms with Crippen LogP contribution in [0.2, 0.25) is 0 Å². The van der Waals surface area contributed by atoms with E-state index >= 15 is 0 Å². The van der Waals surface area contributed by atoms with E-state index < -0.39 is 6.03 Å². The van der Waals surface area contributed by atoms with E-state index in [1.807, 2.05) is 6.07 Å². The molecule has 0 heterocycles. The van der Waals surface area contributed by atoms with Gasteiger partial charge in [-0.2, -0.15) is 0 Å². The van der Waals surface area contributed by atoms with Gasteiger partial charge in [0.15, 0.2) is 0 Å². The molecule has 0 atom stereocenters. The number of urea groups is 1. The number of amides is 3. The molecule has 0 aliphatic heterocycles. The van der Waals surface area contributed by atoms with Gasteiger partial charge in [0.2, 0.25) is 5.91 Å². The molecule has 0 saturated heterocycles. The number of carbonyl (C=O) groups is 2. The molecule has 0 unspecified atom stereocenters. The van der Waals surface area contributed by atoms with Crippen LogP contribution in [0.1, 0.15) is 12.5 Å². The van der Waals surface area contributed by atoms with Crippen LogP contribution in [-0.4, -0.2) is 25.6 Å². The lowest BCUT2D eigenvalue weighted by Crippen LogP contribution is -2.47. The van der Waals surface area contributed by atoms with Gasteiger partial charge in [-0.1, -0.05) is 12.1 Å². The predicted octanol–water partition coefficient (Wildman–Crippen LogP) is 0.588. The quantitative estimate of drug-likeness (QED) is 0.685. The zero-order valence-electron chi connectivity index (χ0n) is 10.4. The van der Waals surface area contributed by atoms with Crippen molar-refractivity contribution < 1.29 is 14.3 Å². The van der Waals surface area contributed by atoms with Crippen LogP contribution in [0.3, 0.4) is 0 Å². The molecule has 0 aliphatic carbocycles. The first-order valence-electron chi connectivity index (χ1n) is 5.61. The van der Waals surface area contributed by atoms with Crippen molar-refractivity contribution in [1.29, 1.82) is 0 Å². The SMILES string of the molecule is CCNC(=O)NNC(=O)Cc1cccc(OC)c1. The number of hydrogen-bond donors (Lipinski definition) is 3. The highest BCUT2D eigenvalue weighted by Gasteiger charge is 2.05. The molecule has 0 saturated carbocycles. The molecule has 98 valence electrons. The largest absolute Gasteiger partial charge is 0.497 e. The average Bonchev–Trinajstić information content (AvgIpc) is 2.37. The Balaban J connectivity index is 2.42. The summed E-state index contributed by atoms with van der Waals surface area (Å²) in [5.41, 5.74) is 5.37. The monoisotopic (exact) mass is 251 g/mol. The normalized spacial score (nSPS) is 9.44. The van der Waals surface area contributed by atoms with Gasteiger partial charge >= 0.3 is 6.03 Å². The van der Waals surface area contributed by atoms with Crippen LogP contribution in [0.4, 0.5) is 4.79 Å². The summed E-state index contributed by atoms with van der Waals surface area (Å²) in [6.45, 7) is 2.29. The van der Waals surface area contributed by atoms with E-state index in [0.717, 1.165) is 5.56 Å². The van der Waals surface area contributed by atoms with Gasteiger partial charge in [-0.15, -0.1) is 0 Å². The fourth-order valence-electron chi connectivity index (χ4n) is 1.34. The van der Waals surface area contributed by atoms with E-state index in [0.29, 0.717) is 12.3 Å². The van der Waals surface area contributed by atoms with Gasteiger partial charge in [0, 0.05) is 6.54 Å². The van der Waals surface area contributed by atoms with Crippen molar-refractivity contribution in [2.45, 2.75) is 13.3 Å². The standard InChI is InChI=1S/C12H17N3O3/c1-3-13-12(17)15-14-11(16)8-9-5-4-6-10(7-9)18-2/h4-7H,3,8H2,1-2H3,(H,14,16)(H2,13,15,17). The highest BCUT2D eigenvalue weighted by Crippen LogP contribution is 2.12. The van der Waals surface area contributed by atoms with Gasteiger partial charge in [0.1, 0.15) is 5.75 Å². The van der Waals surface area contributed by atoms with Crippen molar-refractivity contribution in [1.82, 2.24) is 16.2 Å². The fourth-order valence-corrected chi connectivity index (χ4v) is 1.34. The topological polar surface area (TPSA) is 79.5 Å². The maximum absolute atomic E-state index is 11.5. The third-order valence-electron chi connectivity index (χ3n) is 2.15. The van der Waals surface area contributed by atoms with Gasteiger partial charge in [-0.3, -0.25) is 10.2 Å². The molecule has 1 aromatic carbocycles. The van der Waals surface area contributed by atoms with E-state index in [1.165, 1.54) is 0 Å². The minimum Gasteiger partial charge on any atom is -0.497 e. The third kappa shape index (κ3) is 4.73. The summed E-state index contributed by atoms with van der Waals surface area (Å²) in [5.74, 6) is 0.395. The number of rotatable bonds is 4. The van der Waals surface area contributed by atoms with Crippen molar-refractivity contribution in [3.8, 4) is 5.75 Å². The summed E-state index contributed by atoms with van der Waals surface area (Å²) >= 11 is 0. The summed E-state index contributed by atoms with van der Waals surface area (Å²) in [7, 11) is 1.57. The number of hydrogen-bond acceptors (Lipinski definition) is 3. The summed E-state index contributed by atoms with van der Waals surface area (Å²) in [5, 5.41) is 2.50. The third-order valence-corrected chi connectivity index (χ3v) is 2.15. The Bertz CT molecular complexity index is 421.